The van der Waals surface area contributed by atoms with Gasteiger partial charge in [-0.3, -0.25) is 0 Å². The van der Waals surface area contributed by atoms with Gasteiger partial charge in [0.15, 0.2) is 17.5 Å². The summed E-state index contributed by atoms with van der Waals surface area (Å²) in [6.07, 6.45) is 0. The van der Waals surface area contributed by atoms with E-state index < -0.39 is 0 Å². The molecule has 0 atom stereocenters. The van der Waals surface area contributed by atoms with E-state index >= 15 is 0 Å². The molecular formula is C39H23N3S. The number of hydrogen-bond acceptors (Lipinski definition) is 4. The van der Waals surface area contributed by atoms with Crippen molar-refractivity contribution in [2.75, 3.05) is 0 Å². The van der Waals surface area contributed by atoms with E-state index in [1.54, 1.807) is 0 Å². The van der Waals surface area contributed by atoms with Crippen molar-refractivity contribution in [2.45, 2.75) is 0 Å². The lowest BCUT2D eigenvalue weighted by Gasteiger charge is -2.12. The molecule has 0 radical (unpaired) electrons. The minimum Gasteiger partial charge on any atom is -0.208 e. The first-order valence-electron chi connectivity index (χ1n) is 14.4. The summed E-state index contributed by atoms with van der Waals surface area (Å²) in [4.78, 5) is 15.4. The zero-order chi connectivity index (χ0) is 28.3. The van der Waals surface area contributed by atoms with Crippen LogP contribution in [-0.4, -0.2) is 15.0 Å². The molecule has 4 heteroatoms. The summed E-state index contributed by atoms with van der Waals surface area (Å²) >= 11 is 1.83. The summed E-state index contributed by atoms with van der Waals surface area (Å²) in [7, 11) is 0. The van der Waals surface area contributed by atoms with Gasteiger partial charge in [0.1, 0.15) is 0 Å². The first kappa shape index (κ1) is 24.2. The summed E-state index contributed by atoms with van der Waals surface area (Å²) in [5.74, 6) is 2.01. The van der Waals surface area contributed by atoms with Gasteiger partial charge in [-0.05, 0) is 56.6 Å². The van der Waals surface area contributed by atoms with Crippen LogP contribution in [0.25, 0.3) is 86.7 Å². The van der Waals surface area contributed by atoms with Crippen LogP contribution in [0.1, 0.15) is 0 Å². The molecule has 7 aromatic carbocycles. The van der Waals surface area contributed by atoms with E-state index in [0.717, 1.165) is 38.2 Å². The Kier molecular flexibility index (Phi) is 5.37. The van der Waals surface area contributed by atoms with Gasteiger partial charge in [-0.1, -0.05) is 115 Å². The zero-order valence-electron chi connectivity index (χ0n) is 23.0. The number of nitrogens with zero attached hydrogens (tertiary/aromatic N) is 3. The van der Waals surface area contributed by atoms with Crippen LogP contribution in [0.15, 0.2) is 140 Å². The molecular weight excluding hydrogens is 543 g/mol. The summed E-state index contributed by atoms with van der Waals surface area (Å²) in [6, 6.07) is 49.2. The normalized spacial score (nSPS) is 11.7. The summed E-state index contributed by atoms with van der Waals surface area (Å²) in [5.41, 5.74) is 2.97. The lowest BCUT2D eigenvalue weighted by atomic mass is 10.0. The Morgan fingerprint density at radius 2 is 0.977 bits per heavy atom. The first-order valence-corrected chi connectivity index (χ1v) is 15.2. The van der Waals surface area contributed by atoms with Crippen molar-refractivity contribution in [1.82, 2.24) is 15.0 Å². The zero-order valence-corrected chi connectivity index (χ0v) is 23.8. The molecule has 200 valence electrons. The lowest BCUT2D eigenvalue weighted by molar-refractivity contribution is 1.08. The van der Waals surface area contributed by atoms with Gasteiger partial charge in [-0.15, -0.1) is 11.3 Å². The highest BCUT2D eigenvalue weighted by atomic mass is 32.1. The molecule has 2 heterocycles. The number of rotatable bonds is 3. The van der Waals surface area contributed by atoms with Crippen molar-refractivity contribution in [1.29, 1.82) is 0 Å². The number of hydrogen-bond donors (Lipinski definition) is 0. The molecule has 0 aliphatic rings. The Morgan fingerprint density at radius 3 is 1.81 bits per heavy atom. The fourth-order valence-corrected chi connectivity index (χ4v) is 7.31. The van der Waals surface area contributed by atoms with Gasteiger partial charge in [0.25, 0.3) is 0 Å². The van der Waals surface area contributed by atoms with Gasteiger partial charge in [0.2, 0.25) is 0 Å². The second-order valence-corrected chi connectivity index (χ2v) is 12.0. The monoisotopic (exact) mass is 565 g/mol. The van der Waals surface area contributed by atoms with Crippen molar-refractivity contribution in [2.24, 2.45) is 0 Å². The third-order valence-corrected chi connectivity index (χ3v) is 9.43. The van der Waals surface area contributed by atoms with E-state index in [2.05, 4.69) is 140 Å². The minimum atomic E-state index is 0.665. The van der Waals surface area contributed by atoms with Gasteiger partial charge < -0.3 is 0 Å². The van der Waals surface area contributed by atoms with Crippen molar-refractivity contribution in [3.05, 3.63) is 140 Å². The van der Waals surface area contributed by atoms with E-state index in [0.29, 0.717) is 17.5 Å². The molecule has 2 aromatic heterocycles. The Bertz CT molecular complexity index is 2520. The van der Waals surface area contributed by atoms with Gasteiger partial charge in [-0.2, -0.15) is 0 Å². The molecule has 43 heavy (non-hydrogen) atoms. The average Bonchev–Trinajstić information content (AvgIpc) is 3.43. The molecule has 0 fully saturated rings. The molecule has 0 aliphatic carbocycles. The Hall–Kier alpha value is -5.45. The fourth-order valence-electron chi connectivity index (χ4n) is 6.19. The summed E-state index contributed by atoms with van der Waals surface area (Å²) in [6.45, 7) is 0. The van der Waals surface area contributed by atoms with Crippen LogP contribution in [0.5, 0.6) is 0 Å². The maximum Gasteiger partial charge on any atom is 0.164 e. The molecule has 0 bridgehead atoms. The highest BCUT2D eigenvalue weighted by Crippen LogP contribution is 2.39. The number of aromatic nitrogens is 3. The maximum atomic E-state index is 5.17. The Balaban J connectivity index is 1.32. The maximum absolute atomic E-state index is 5.17. The SMILES string of the molecule is c1ccc2cc(-c3nc(-c4cccc5ccccc45)nc(-c4cccc5cc6c(cc45)sc4ccccc46)n3)ccc2c1. The highest BCUT2D eigenvalue weighted by Gasteiger charge is 2.17. The van der Waals surface area contributed by atoms with Gasteiger partial charge >= 0.3 is 0 Å². The number of fused-ring (bicyclic) bond motifs is 6. The van der Waals surface area contributed by atoms with Gasteiger partial charge in [0, 0.05) is 36.9 Å². The topological polar surface area (TPSA) is 38.7 Å². The van der Waals surface area contributed by atoms with Crippen LogP contribution in [-0.2, 0) is 0 Å². The minimum absolute atomic E-state index is 0.665. The van der Waals surface area contributed by atoms with Crippen LogP contribution in [0.3, 0.4) is 0 Å². The Labute approximate surface area is 251 Å². The predicted molar refractivity (Wildman–Crippen MR) is 182 cm³/mol. The molecule has 9 aromatic rings. The molecule has 0 spiro atoms. The molecule has 0 N–H and O–H groups in total. The predicted octanol–water partition coefficient (Wildman–Crippen LogP) is 10.7. The summed E-state index contributed by atoms with van der Waals surface area (Å²) in [5, 5.41) is 9.53. The Morgan fingerprint density at radius 1 is 0.349 bits per heavy atom. The van der Waals surface area contributed by atoms with E-state index in [1.165, 1.54) is 30.9 Å². The van der Waals surface area contributed by atoms with E-state index in [1.807, 2.05) is 11.3 Å². The number of thiophene rings is 1. The van der Waals surface area contributed by atoms with E-state index in [9.17, 15) is 0 Å². The molecule has 0 aliphatic heterocycles. The smallest absolute Gasteiger partial charge is 0.164 e. The standard InChI is InChI=1S/C39H23N3S/c1-2-11-26-21-28(20-19-24(26)9-1)37-40-38(31-16-7-12-25-10-3-4-14-29(25)31)42-39(41-37)32-17-8-13-27-22-34-30-15-5-6-18-35(30)43-36(34)23-33(27)32/h1-23H. The average molecular weight is 566 g/mol. The van der Waals surface area contributed by atoms with Crippen LogP contribution in [0.4, 0.5) is 0 Å². The lowest BCUT2D eigenvalue weighted by Crippen LogP contribution is -2.01. The third kappa shape index (κ3) is 3.99. The second-order valence-electron chi connectivity index (χ2n) is 10.9. The number of benzene rings is 7. The molecule has 0 unspecified atom stereocenters. The third-order valence-electron chi connectivity index (χ3n) is 8.29. The second kappa shape index (κ2) is 9.55. The molecule has 3 nitrogen and oxygen atoms in total. The van der Waals surface area contributed by atoms with Gasteiger partial charge in [0.05, 0.1) is 0 Å². The highest BCUT2D eigenvalue weighted by molar-refractivity contribution is 7.25. The molecule has 0 saturated heterocycles. The van der Waals surface area contributed by atoms with Crippen LogP contribution in [0, 0.1) is 0 Å². The van der Waals surface area contributed by atoms with Crippen LogP contribution in [0.2, 0.25) is 0 Å². The first-order chi connectivity index (χ1) is 21.3. The van der Waals surface area contributed by atoms with Crippen LogP contribution < -0.4 is 0 Å². The van der Waals surface area contributed by atoms with Crippen molar-refractivity contribution in [3.8, 4) is 34.2 Å². The fraction of sp³-hybridized carbons (Fsp3) is 0. The van der Waals surface area contributed by atoms with Crippen LogP contribution >= 0.6 is 11.3 Å². The quantitative estimate of drug-likeness (QED) is 0.214. The molecule has 0 saturated carbocycles. The van der Waals surface area contributed by atoms with Crippen molar-refractivity contribution >= 4 is 63.8 Å². The van der Waals surface area contributed by atoms with E-state index in [-0.39, 0.29) is 0 Å². The van der Waals surface area contributed by atoms with Crippen molar-refractivity contribution in [3.63, 3.8) is 0 Å². The van der Waals surface area contributed by atoms with E-state index in [4.69, 9.17) is 15.0 Å². The van der Waals surface area contributed by atoms with Gasteiger partial charge in [-0.25, -0.2) is 15.0 Å². The van der Waals surface area contributed by atoms with Crippen molar-refractivity contribution < 1.29 is 0 Å². The molecule has 9 rings (SSSR count). The molecule has 0 amide bonds. The largest absolute Gasteiger partial charge is 0.208 e. The summed E-state index contributed by atoms with van der Waals surface area (Å²) < 4.78 is 2.56.